The predicted octanol–water partition coefficient (Wildman–Crippen LogP) is 3.74. The maximum Gasteiger partial charge on any atom is 0.0940 e. The van der Waals surface area contributed by atoms with Crippen LogP contribution in [-0.2, 0) is 6.42 Å². The van der Waals surface area contributed by atoms with Crippen LogP contribution in [0.5, 0.6) is 0 Å². The van der Waals surface area contributed by atoms with Gasteiger partial charge in [-0.1, -0.05) is 27.7 Å². The van der Waals surface area contributed by atoms with Crippen LogP contribution >= 0.6 is 11.3 Å². The zero-order valence-electron chi connectivity index (χ0n) is 11.8. The summed E-state index contributed by atoms with van der Waals surface area (Å²) in [6.07, 6.45) is 5.46. The van der Waals surface area contributed by atoms with Crippen molar-refractivity contribution < 1.29 is 0 Å². The average molecular weight is 254 g/mol. The van der Waals surface area contributed by atoms with Gasteiger partial charge in [-0.15, -0.1) is 11.3 Å². The fraction of sp³-hybridized carbons (Fsp3) is 0.786. The zero-order chi connectivity index (χ0) is 12.9. The van der Waals surface area contributed by atoms with Crippen LogP contribution in [0.1, 0.15) is 45.5 Å². The summed E-state index contributed by atoms with van der Waals surface area (Å²) < 4.78 is 0. The number of nitrogens with one attached hydrogen (secondary N) is 1. The number of hydrogen-bond donors (Lipinski definition) is 1. The predicted molar refractivity (Wildman–Crippen MR) is 76.5 cm³/mol. The normalized spacial score (nSPS) is 15.8. The summed E-state index contributed by atoms with van der Waals surface area (Å²) in [5.74, 6) is 0.757. The van der Waals surface area contributed by atoms with Gasteiger partial charge < -0.3 is 5.32 Å². The first-order valence-electron chi connectivity index (χ1n) is 6.46. The molecule has 0 aliphatic heterocycles. The topological polar surface area (TPSA) is 24.9 Å². The summed E-state index contributed by atoms with van der Waals surface area (Å²) in [7, 11) is 2.06. The van der Waals surface area contributed by atoms with E-state index in [1.165, 1.54) is 17.8 Å². The SMILES string of the molecule is CNC(Cc1nccs1)CC(C)CC(C)(C)C. The zero-order valence-corrected chi connectivity index (χ0v) is 12.6. The number of likely N-dealkylation sites (N-methyl/N-ethyl adjacent to an activating group) is 1. The molecule has 1 aromatic heterocycles. The van der Waals surface area contributed by atoms with Crippen LogP contribution in [0.25, 0.3) is 0 Å². The average Bonchev–Trinajstić information content (AvgIpc) is 2.66. The Morgan fingerprint density at radius 3 is 2.59 bits per heavy atom. The summed E-state index contributed by atoms with van der Waals surface area (Å²) in [6.45, 7) is 9.31. The maximum absolute atomic E-state index is 4.36. The molecule has 0 aliphatic rings. The third-order valence-corrected chi connectivity index (χ3v) is 3.76. The van der Waals surface area contributed by atoms with Crippen molar-refractivity contribution in [3.8, 4) is 0 Å². The minimum absolute atomic E-state index is 0.429. The van der Waals surface area contributed by atoms with Gasteiger partial charge in [0.05, 0.1) is 5.01 Å². The fourth-order valence-electron chi connectivity index (χ4n) is 2.48. The molecule has 0 saturated carbocycles. The molecular formula is C14H26N2S. The van der Waals surface area contributed by atoms with Crippen LogP contribution < -0.4 is 5.32 Å². The molecule has 0 bridgehead atoms. The van der Waals surface area contributed by atoms with Gasteiger partial charge in [-0.2, -0.15) is 0 Å². The van der Waals surface area contributed by atoms with E-state index in [9.17, 15) is 0 Å². The number of rotatable bonds is 6. The smallest absolute Gasteiger partial charge is 0.0940 e. The molecule has 0 saturated heterocycles. The Morgan fingerprint density at radius 2 is 2.12 bits per heavy atom. The molecule has 2 atom stereocenters. The van der Waals surface area contributed by atoms with Crippen molar-refractivity contribution in [2.75, 3.05) is 7.05 Å². The Hall–Kier alpha value is -0.410. The third-order valence-electron chi connectivity index (χ3n) is 2.96. The van der Waals surface area contributed by atoms with E-state index in [2.05, 4.69) is 50.4 Å². The first-order valence-corrected chi connectivity index (χ1v) is 7.34. The molecule has 0 fully saturated rings. The van der Waals surface area contributed by atoms with E-state index >= 15 is 0 Å². The van der Waals surface area contributed by atoms with Gasteiger partial charge in [-0.05, 0) is 31.2 Å². The van der Waals surface area contributed by atoms with Crippen molar-refractivity contribution in [3.05, 3.63) is 16.6 Å². The van der Waals surface area contributed by atoms with Gasteiger partial charge in [0.15, 0.2) is 0 Å². The van der Waals surface area contributed by atoms with Crippen molar-refractivity contribution in [1.82, 2.24) is 10.3 Å². The Morgan fingerprint density at radius 1 is 1.41 bits per heavy atom. The molecule has 17 heavy (non-hydrogen) atoms. The van der Waals surface area contributed by atoms with E-state index in [0.29, 0.717) is 11.5 Å². The molecule has 0 aliphatic carbocycles. The van der Waals surface area contributed by atoms with Crippen LogP contribution in [0.15, 0.2) is 11.6 Å². The fourth-order valence-corrected chi connectivity index (χ4v) is 3.18. The summed E-state index contributed by atoms with van der Waals surface area (Å²) >= 11 is 1.76. The number of hydrogen-bond acceptors (Lipinski definition) is 3. The quantitative estimate of drug-likeness (QED) is 0.836. The molecule has 1 aromatic rings. The van der Waals surface area contributed by atoms with Crippen LogP contribution in [-0.4, -0.2) is 18.1 Å². The molecule has 0 radical (unpaired) electrons. The second kappa shape index (κ2) is 6.50. The molecule has 1 rings (SSSR count). The van der Waals surface area contributed by atoms with Gasteiger partial charge in [0.2, 0.25) is 0 Å². The largest absolute Gasteiger partial charge is 0.317 e. The lowest BCUT2D eigenvalue weighted by molar-refractivity contribution is 0.277. The molecule has 1 N–H and O–H groups in total. The third kappa shape index (κ3) is 6.18. The number of thiazole rings is 1. The van der Waals surface area contributed by atoms with Gasteiger partial charge in [-0.3, -0.25) is 0 Å². The van der Waals surface area contributed by atoms with Crippen molar-refractivity contribution in [3.63, 3.8) is 0 Å². The second-order valence-electron chi connectivity index (χ2n) is 6.22. The molecule has 0 aromatic carbocycles. The van der Waals surface area contributed by atoms with E-state index in [1.807, 2.05) is 6.20 Å². The summed E-state index contributed by atoms with van der Waals surface area (Å²) in [5, 5.41) is 6.72. The highest BCUT2D eigenvalue weighted by Crippen LogP contribution is 2.27. The Balaban J connectivity index is 2.41. The lowest BCUT2D eigenvalue weighted by Gasteiger charge is -2.26. The molecule has 1 heterocycles. The summed E-state index contributed by atoms with van der Waals surface area (Å²) in [4.78, 5) is 4.36. The van der Waals surface area contributed by atoms with E-state index in [0.717, 1.165) is 12.3 Å². The molecule has 2 nitrogen and oxygen atoms in total. The van der Waals surface area contributed by atoms with E-state index < -0.39 is 0 Å². The maximum atomic E-state index is 4.36. The molecular weight excluding hydrogens is 228 g/mol. The molecule has 0 spiro atoms. The van der Waals surface area contributed by atoms with Gasteiger partial charge in [0.1, 0.15) is 0 Å². The van der Waals surface area contributed by atoms with Gasteiger partial charge in [-0.25, -0.2) is 4.98 Å². The van der Waals surface area contributed by atoms with Crippen LogP contribution in [0.4, 0.5) is 0 Å². The van der Waals surface area contributed by atoms with E-state index in [-0.39, 0.29) is 0 Å². The van der Waals surface area contributed by atoms with Crippen LogP contribution in [0.2, 0.25) is 0 Å². The van der Waals surface area contributed by atoms with Gasteiger partial charge in [0.25, 0.3) is 0 Å². The van der Waals surface area contributed by atoms with Crippen molar-refractivity contribution in [2.24, 2.45) is 11.3 Å². The summed E-state index contributed by atoms with van der Waals surface area (Å²) in [6, 6.07) is 0.554. The number of aromatic nitrogens is 1. The summed E-state index contributed by atoms with van der Waals surface area (Å²) in [5.41, 5.74) is 0.429. The van der Waals surface area contributed by atoms with Gasteiger partial charge >= 0.3 is 0 Å². The van der Waals surface area contributed by atoms with Crippen LogP contribution in [0.3, 0.4) is 0 Å². The van der Waals surface area contributed by atoms with E-state index in [1.54, 1.807) is 11.3 Å². The Kier molecular flexibility index (Phi) is 5.60. The van der Waals surface area contributed by atoms with Crippen molar-refractivity contribution in [2.45, 2.75) is 53.0 Å². The minimum atomic E-state index is 0.429. The Bertz CT molecular complexity index is 301. The molecule has 3 heteroatoms. The highest BCUT2D eigenvalue weighted by Gasteiger charge is 2.19. The minimum Gasteiger partial charge on any atom is -0.317 e. The van der Waals surface area contributed by atoms with Gasteiger partial charge in [0, 0.05) is 24.0 Å². The highest BCUT2D eigenvalue weighted by molar-refractivity contribution is 7.09. The molecule has 0 amide bonds. The molecule has 98 valence electrons. The van der Waals surface area contributed by atoms with E-state index in [4.69, 9.17) is 0 Å². The standard InChI is InChI=1S/C14H26N2S/c1-11(10-14(2,3)4)8-12(15-5)9-13-16-6-7-17-13/h6-7,11-12,15H,8-10H2,1-5H3. The molecule has 2 unspecified atom stereocenters. The van der Waals surface area contributed by atoms with Crippen molar-refractivity contribution >= 4 is 11.3 Å². The number of nitrogens with zero attached hydrogens (tertiary/aromatic N) is 1. The first-order chi connectivity index (χ1) is 7.90. The first kappa shape index (κ1) is 14.7. The highest BCUT2D eigenvalue weighted by atomic mass is 32.1. The second-order valence-corrected chi connectivity index (χ2v) is 7.20. The Labute approximate surface area is 110 Å². The lowest BCUT2D eigenvalue weighted by atomic mass is 9.82. The lowest BCUT2D eigenvalue weighted by Crippen LogP contribution is -2.30. The van der Waals surface area contributed by atoms with Crippen LogP contribution in [0, 0.1) is 11.3 Å². The van der Waals surface area contributed by atoms with Crippen molar-refractivity contribution in [1.29, 1.82) is 0 Å². The monoisotopic (exact) mass is 254 g/mol.